The molecule has 16 heteroatoms. The maximum absolute atomic E-state index is 13.3. The number of hydrogen-bond donors (Lipinski definition) is 3. The fourth-order valence-electron chi connectivity index (χ4n) is 2.73. The zero-order valence-electron chi connectivity index (χ0n) is 16.4. The first-order valence-electron chi connectivity index (χ1n) is 9.00. The summed E-state index contributed by atoms with van der Waals surface area (Å²) in [6.45, 7) is 0. The molecule has 0 amide bonds. The molecule has 0 aliphatic carbocycles. The van der Waals surface area contributed by atoms with Crippen LogP contribution in [0.3, 0.4) is 0 Å². The van der Waals surface area contributed by atoms with Crippen molar-refractivity contribution in [2.75, 3.05) is 4.72 Å². The number of aromatic nitrogens is 5. The predicted octanol–water partition coefficient (Wildman–Crippen LogP) is 3.99. The average Bonchev–Trinajstić information content (AvgIpc) is 3.44. The van der Waals surface area contributed by atoms with Crippen molar-refractivity contribution in [2.24, 2.45) is 0 Å². The Bertz CT molecular complexity index is 1440. The SMILES string of the molecule is O=C(O)c1sc(Sc2cc(-c3nnn[nH]3)ccc2S(=O)(=O)Nc2ccccc2)nc1C(F)(F)F. The lowest BCUT2D eigenvalue weighted by molar-refractivity contribution is -0.141. The number of carbonyl (C=O) groups is 1. The van der Waals surface area contributed by atoms with E-state index in [1.807, 2.05) is 0 Å². The Morgan fingerprint density at radius 1 is 1.15 bits per heavy atom. The van der Waals surface area contributed by atoms with Crippen molar-refractivity contribution < 1.29 is 31.5 Å². The van der Waals surface area contributed by atoms with E-state index >= 15 is 0 Å². The number of thiazole rings is 1. The van der Waals surface area contributed by atoms with Crippen LogP contribution in [-0.2, 0) is 16.2 Å². The number of carboxylic acids is 1. The van der Waals surface area contributed by atoms with E-state index in [9.17, 15) is 26.4 Å². The number of rotatable bonds is 7. The lowest BCUT2D eigenvalue weighted by Crippen LogP contribution is -2.14. The number of tetrazole rings is 1. The molecule has 0 fully saturated rings. The second-order valence-electron chi connectivity index (χ2n) is 6.45. The highest BCUT2D eigenvalue weighted by Gasteiger charge is 2.40. The van der Waals surface area contributed by atoms with Crippen LogP contribution in [0.4, 0.5) is 18.9 Å². The summed E-state index contributed by atoms with van der Waals surface area (Å²) in [5, 5.41) is 22.3. The number of para-hydroxylation sites is 1. The van der Waals surface area contributed by atoms with Crippen molar-refractivity contribution in [1.29, 1.82) is 0 Å². The normalized spacial score (nSPS) is 12.0. The van der Waals surface area contributed by atoms with Gasteiger partial charge in [-0.05, 0) is 40.8 Å². The highest BCUT2D eigenvalue weighted by Crippen LogP contribution is 2.42. The van der Waals surface area contributed by atoms with Crippen molar-refractivity contribution in [3.8, 4) is 11.4 Å². The summed E-state index contributed by atoms with van der Waals surface area (Å²) in [6, 6.07) is 12.0. The van der Waals surface area contributed by atoms with E-state index in [2.05, 4.69) is 30.3 Å². The second-order valence-corrected chi connectivity index (χ2v) is 10.4. The molecule has 4 aromatic rings. The average molecular weight is 529 g/mol. The molecule has 0 saturated carbocycles. The Kier molecular flexibility index (Phi) is 6.28. The molecule has 0 unspecified atom stereocenters. The smallest absolute Gasteiger partial charge is 0.435 e. The van der Waals surface area contributed by atoms with Crippen LogP contribution in [0.1, 0.15) is 15.4 Å². The minimum Gasteiger partial charge on any atom is -0.477 e. The van der Waals surface area contributed by atoms with Crippen LogP contribution in [0, 0.1) is 0 Å². The second kappa shape index (κ2) is 9.03. The number of H-pyrrole nitrogens is 1. The van der Waals surface area contributed by atoms with Crippen molar-refractivity contribution in [3.05, 3.63) is 59.1 Å². The van der Waals surface area contributed by atoms with E-state index in [0.717, 1.165) is 0 Å². The molecule has 3 N–H and O–H groups in total. The van der Waals surface area contributed by atoms with Gasteiger partial charge >= 0.3 is 12.1 Å². The number of alkyl halides is 3. The minimum atomic E-state index is -5.00. The molecule has 2 aromatic heterocycles. The van der Waals surface area contributed by atoms with Gasteiger partial charge < -0.3 is 5.11 Å². The van der Waals surface area contributed by atoms with Crippen LogP contribution in [-0.4, -0.2) is 45.1 Å². The fraction of sp³-hybridized carbons (Fsp3) is 0.0556. The molecule has 0 spiro atoms. The van der Waals surface area contributed by atoms with E-state index in [-0.39, 0.29) is 37.0 Å². The summed E-state index contributed by atoms with van der Waals surface area (Å²) in [5.74, 6) is -1.61. The summed E-state index contributed by atoms with van der Waals surface area (Å²) in [5.41, 5.74) is -0.948. The molecule has 0 aliphatic rings. The zero-order valence-corrected chi connectivity index (χ0v) is 18.9. The van der Waals surface area contributed by atoms with Crippen LogP contribution in [0.15, 0.2) is 62.7 Å². The number of aromatic amines is 1. The lowest BCUT2D eigenvalue weighted by Gasteiger charge is -2.12. The molecule has 10 nitrogen and oxygen atoms in total. The van der Waals surface area contributed by atoms with Crippen LogP contribution >= 0.6 is 23.1 Å². The third-order valence-electron chi connectivity index (χ3n) is 4.15. The van der Waals surface area contributed by atoms with Gasteiger partial charge in [-0.2, -0.15) is 13.2 Å². The van der Waals surface area contributed by atoms with E-state index in [1.165, 1.54) is 30.3 Å². The zero-order chi connectivity index (χ0) is 24.5. The molecule has 2 aromatic carbocycles. The number of nitrogens with zero attached hydrogens (tertiary/aromatic N) is 4. The van der Waals surface area contributed by atoms with Crippen LogP contribution in [0.2, 0.25) is 0 Å². The monoisotopic (exact) mass is 528 g/mol. The van der Waals surface area contributed by atoms with Gasteiger partial charge in [0.15, 0.2) is 15.9 Å². The standard InChI is InChI=1S/C18H11F3N6O4S3/c19-18(20,21)14-13(16(28)29)33-17(22-14)32-11-8-9(15-23-26-27-24-15)6-7-12(11)34(30,31)25-10-4-2-1-3-5-10/h1-8,25H,(H,28,29)(H,23,24,26,27). The Morgan fingerprint density at radius 2 is 1.88 bits per heavy atom. The van der Waals surface area contributed by atoms with Gasteiger partial charge in [0, 0.05) is 16.1 Å². The van der Waals surface area contributed by atoms with Gasteiger partial charge in [0.25, 0.3) is 10.0 Å². The summed E-state index contributed by atoms with van der Waals surface area (Å²) in [6.07, 6.45) is -5.00. The molecule has 2 heterocycles. The Morgan fingerprint density at radius 3 is 2.47 bits per heavy atom. The van der Waals surface area contributed by atoms with Crippen LogP contribution in [0.5, 0.6) is 0 Å². The third kappa shape index (κ3) is 5.02. The van der Waals surface area contributed by atoms with Gasteiger partial charge in [-0.1, -0.05) is 41.3 Å². The first-order chi connectivity index (χ1) is 16.0. The van der Waals surface area contributed by atoms with E-state index in [4.69, 9.17) is 5.11 Å². The van der Waals surface area contributed by atoms with Crippen molar-refractivity contribution in [2.45, 2.75) is 20.3 Å². The minimum absolute atomic E-state index is 0.0169. The largest absolute Gasteiger partial charge is 0.477 e. The molecule has 34 heavy (non-hydrogen) atoms. The Hall–Kier alpha value is -3.50. The molecule has 0 bridgehead atoms. The number of sulfonamides is 1. The third-order valence-corrected chi connectivity index (χ3v) is 7.88. The Labute approximate surface area is 197 Å². The van der Waals surface area contributed by atoms with Gasteiger partial charge in [-0.3, -0.25) is 4.72 Å². The highest BCUT2D eigenvalue weighted by molar-refractivity contribution is 8.02. The summed E-state index contributed by atoms with van der Waals surface area (Å²) >= 11 is 0.859. The molecule has 176 valence electrons. The molecular weight excluding hydrogens is 517 g/mol. The Balaban J connectivity index is 1.80. The number of aromatic carboxylic acids is 1. The van der Waals surface area contributed by atoms with Gasteiger partial charge in [-0.25, -0.2) is 23.3 Å². The maximum Gasteiger partial charge on any atom is 0.435 e. The predicted molar refractivity (Wildman–Crippen MR) is 115 cm³/mol. The van der Waals surface area contributed by atoms with Gasteiger partial charge in [0.05, 0.1) is 0 Å². The summed E-state index contributed by atoms with van der Waals surface area (Å²) < 4.78 is 68.0. The topological polar surface area (TPSA) is 151 Å². The highest BCUT2D eigenvalue weighted by atomic mass is 32.2. The number of hydrogen-bond acceptors (Lipinski definition) is 9. The first-order valence-corrected chi connectivity index (χ1v) is 12.1. The van der Waals surface area contributed by atoms with Crippen LogP contribution < -0.4 is 4.72 Å². The van der Waals surface area contributed by atoms with E-state index in [0.29, 0.717) is 17.3 Å². The van der Waals surface area contributed by atoms with Gasteiger partial charge in [-0.15, -0.1) is 5.10 Å². The van der Waals surface area contributed by atoms with Crippen molar-refractivity contribution in [3.63, 3.8) is 0 Å². The first kappa shape index (κ1) is 23.7. The number of nitrogens with one attached hydrogen (secondary N) is 2. The molecule has 0 atom stereocenters. The van der Waals surface area contributed by atoms with E-state index in [1.54, 1.807) is 18.2 Å². The molecule has 0 radical (unpaired) electrons. The fourth-order valence-corrected chi connectivity index (χ4v) is 6.33. The number of halogens is 3. The summed E-state index contributed by atoms with van der Waals surface area (Å²) in [7, 11) is -4.19. The number of benzene rings is 2. The molecule has 4 rings (SSSR count). The van der Waals surface area contributed by atoms with Crippen molar-refractivity contribution in [1.82, 2.24) is 25.6 Å². The number of anilines is 1. The maximum atomic E-state index is 13.3. The molecular formula is C18H11F3N6O4S3. The quantitative estimate of drug-likeness (QED) is 0.323. The molecule has 0 aliphatic heterocycles. The van der Waals surface area contributed by atoms with Crippen LogP contribution in [0.25, 0.3) is 11.4 Å². The van der Waals surface area contributed by atoms with Crippen molar-refractivity contribution >= 4 is 44.8 Å². The number of carboxylic acid groups (broad SMARTS) is 1. The van der Waals surface area contributed by atoms with E-state index < -0.39 is 32.7 Å². The van der Waals surface area contributed by atoms with Gasteiger partial charge in [0.1, 0.15) is 9.77 Å². The summed E-state index contributed by atoms with van der Waals surface area (Å²) in [4.78, 5) is 13.4. The van der Waals surface area contributed by atoms with Gasteiger partial charge in [0.2, 0.25) is 0 Å². The molecule has 0 saturated heterocycles. The lowest BCUT2D eigenvalue weighted by atomic mass is 10.2.